The van der Waals surface area contributed by atoms with Crippen molar-refractivity contribution >= 4 is 27.3 Å². The van der Waals surface area contributed by atoms with Gasteiger partial charge in [0.1, 0.15) is 0 Å². The van der Waals surface area contributed by atoms with Gasteiger partial charge in [-0.15, -0.1) is 11.3 Å². The largest absolute Gasteiger partial charge is 0.316 e. The lowest BCUT2D eigenvalue weighted by atomic mass is 10.0. The molecule has 0 saturated carbocycles. The monoisotopic (exact) mass is 345 g/mol. The molecule has 0 bridgehead atoms. The van der Waals surface area contributed by atoms with Crippen LogP contribution in [-0.2, 0) is 12.8 Å². The third kappa shape index (κ3) is 4.09. The molecule has 0 saturated heterocycles. The molecule has 0 aliphatic carbocycles. The van der Waals surface area contributed by atoms with Gasteiger partial charge in [0, 0.05) is 10.9 Å². The summed E-state index contributed by atoms with van der Waals surface area (Å²) in [5, 5.41) is 3.22. The molecule has 2 aromatic rings. The topological polar surface area (TPSA) is 12.0 Å². The molecule has 1 heterocycles. The molecule has 0 radical (unpaired) electrons. The summed E-state index contributed by atoms with van der Waals surface area (Å²) in [5.41, 5.74) is 0.800. The van der Waals surface area contributed by atoms with Crippen LogP contribution in [-0.4, -0.2) is 13.1 Å². The number of thiophene rings is 1. The van der Waals surface area contributed by atoms with Crippen molar-refractivity contribution in [1.82, 2.24) is 5.32 Å². The molecule has 5 heteroatoms. The maximum atomic E-state index is 13.2. The first-order valence-electron chi connectivity index (χ1n) is 5.94. The van der Waals surface area contributed by atoms with E-state index >= 15 is 0 Å². The van der Waals surface area contributed by atoms with E-state index in [1.165, 1.54) is 17.0 Å². The quantitative estimate of drug-likeness (QED) is 0.857. The minimum absolute atomic E-state index is 0.204. The summed E-state index contributed by atoms with van der Waals surface area (Å²) < 4.78 is 27.1. The fraction of sp³-hybridized carbons (Fsp3) is 0.286. The van der Waals surface area contributed by atoms with Crippen LogP contribution in [0.25, 0.3) is 0 Å². The molecule has 1 N–H and O–H groups in total. The highest BCUT2D eigenvalue weighted by Gasteiger charge is 2.11. The van der Waals surface area contributed by atoms with E-state index in [9.17, 15) is 8.78 Å². The zero-order chi connectivity index (χ0) is 13.8. The fourth-order valence-electron chi connectivity index (χ4n) is 1.93. The van der Waals surface area contributed by atoms with E-state index in [1.54, 1.807) is 17.4 Å². The van der Waals surface area contributed by atoms with Crippen molar-refractivity contribution in [1.29, 1.82) is 0 Å². The van der Waals surface area contributed by atoms with E-state index in [0.717, 1.165) is 15.8 Å². The van der Waals surface area contributed by atoms with Crippen molar-refractivity contribution < 1.29 is 8.78 Å². The Morgan fingerprint density at radius 1 is 1.16 bits per heavy atom. The van der Waals surface area contributed by atoms with Crippen LogP contribution in [0.1, 0.15) is 10.4 Å². The Labute approximate surface area is 123 Å². The summed E-state index contributed by atoms with van der Waals surface area (Å²) in [6.45, 7) is 0. The molecule has 19 heavy (non-hydrogen) atoms. The number of rotatable bonds is 5. The fourth-order valence-corrected chi connectivity index (χ4v) is 3.49. The van der Waals surface area contributed by atoms with E-state index in [0.29, 0.717) is 6.42 Å². The third-order valence-electron chi connectivity index (χ3n) is 2.95. The van der Waals surface area contributed by atoms with Gasteiger partial charge < -0.3 is 5.32 Å². The summed E-state index contributed by atoms with van der Waals surface area (Å²) in [6.07, 6.45) is 1.54. The van der Waals surface area contributed by atoms with Crippen molar-refractivity contribution in [2.24, 2.45) is 0 Å². The Morgan fingerprint density at radius 3 is 2.53 bits per heavy atom. The van der Waals surface area contributed by atoms with Crippen molar-refractivity contribution in [3.8, 4) is 0 Å². The molecule has 2 rings (SSSR count). The highest BCUT2D eigenvalue weighted by Crippen LogP contribution is 2.23. The molecule has 0 aliphatic heterocycles. The SMILES string of the molecule is CNC(Cc1ccc(F)c(F)c1)Cc1ccc(Br)s1. The van der Waals surface area contributed by atoms with Crippen molar-refractivity contribution in [2.75, 3.05) is 7.05 Å². The Kier molecular flexibility index (Phi) is 5.07. The zero-order valence-electron chi connectivity index (χ0n) is 10.4. The number of nitrogens with one attached hydrogen (secondary N) is 1. The second-order valence-corrected chi connectivity index (χ2v) is 6.90. The summed E-state index contributed by atoms with van der Waals surface area (Å²) >= 11 is 5.13. The Morgan fingerprint density at radius 2 is 1.95 bits per heavy atom. The lowest BCUT2D eigenvalue weighted by Gasteiger charge is -2.15. The number of likely N-dealkylation sites (N-methyl/N-ethyl adjacent to an activating group) is 1. The first-order chi connectivity index (χ1) is 9.08. The van der Waals surface area contributed by atoms with E-state index in [4.69, 9.17) is 0 Å². The van der Waals surface area contributed by atoms with Gasteiger partial charge in [0.2, 0.25) is 0 Å². The van der Waals surface area contributed by atoms with Crippen LogP contribution in [0.5, 0.6) is 0 Å². The first kappa shape index (κ1) is 14.6. The lowest BCUT2D eigenvalue weighted by Crippen LogP contribution is -2.29. The van der Waals surface area contributed by atoms with Crippen LogP contribution in [0.4, 0.5) is 8.78 Å². The molecule has 0 fully saturated rings. The van der Waals surface area contributed by atoms with Gasteiger partial charge in [-0.05, 0) is 65.6 Å². The van der Waals surface area contributed by atoms with Crippen LogP contribution in [0.3, 0.4) is 0 Å². The van der Waals surface area contributed by atoms with Gasteiger partial charge in [0.25, 0.3) is 0 Å². The molecule has 1 atom stereocenters. The smallest absolute Gasteiger partial charge is 0.159 e. The zero-order valence-corrected chi connectivity index (χ0v) is 12.8. The van der Waals surface area contributed by atoms with Crippen LogP contribution >= 0.6 is 27.3 Å². The molecule has 0 spiro atoms. The number of hydrogen-bond donors (Lipinski definition) is 1. The van der Waals surface area contributed by atoms with E-state index in [1.807, 2.05) is 13.1 Å². The third-order valence-corrected chi connectivity index (χ3v) is 4.60. The molecular formula is C14H14BrF2NS. The molecule has 1 nitrogen and oxygen atoms in total. The number of benzene rings is 1. The first-order valence-corrected chi connectivity index (χ1v) is 7.55. The predicted molar refractivity (Wildman–Crippen MR) is 78.6 cm³/mol. The minimum Gasteiger partial charge on any atom is -0.316 e. The van der Waals surface area contributed by atoms with Gasteiger partial charge in [-0.25, -0.2) is 8.78 Å². The minimum atomic E-state index is -0.799. The number of hydrogen-bond acceptors (Lipinski definition) is 2. The van der Waals surface area contributed by atoms with Crippen molar-refractivity contribution in [3.05, 3.63) is 56.2 Å². The summed E-state index contributed by atoms with van der Waals surface area (Å²) in [5.74, 6) is -1.59. The maximum Gasteiger partial charge on any atom is 0.159 e. The summed E-state index contributed by atoms with van der Waals surface area (Å²) in [7, 11) is 1.88. The molecular weight excluding hydrogens is 332 g/mol. The van der Waals surface area contributed by atoms with Gasteiger partial charge in [0.15, 0.2) is 11.6 Å². The van der Waals surface area contributed by atoms with Crippen molar-refractivity contribution in [2.45, 2.75) is 18.9 Å². The predicted octanol–water partition coefficient (Wildman–Crippen LogP) is 4.16. The molecule has 0 amide bonds. The summed E-state index contributed by atoms with van der Waals surface area (Å²) in [6, 6.07) is 8.38. The van der Waals surface area contributed by atoms with Gasteiger partial charge in [-0.1, -0.05) is 6.07 Å². The summed E-state index contributed by atoms with van der Waals surface area (Å²) in [4.78, 5) is 1.26. The van der Waals surface area contributed by atoms with E-state index in [2.05, 4.69) is 27.3 Å². The average Bonchev–Trinajstić information content (AvgIpc) is 2.78. The number of halogens is 3. The van der Waals surface area contributed by atoms with Crippen LogP contribution in [0, 0.1) is 11.6 Å². The van der Waals surface area contributed by atoms with E-state index in [-0.39, 0.29) is 6.04 Å². The Hall–Kier alpha value is -0.780. The molecule has 1 unspecified atom stereocenters. The van der Waals surface area contributed by atoms with Gasteiger partial charge >= 0.3 is 0 Å². The highest BCUT2D eigenvalue weighted by atomic mass is 79.9. The average molecular weight is 346 g/mol. The molecule has 1 aromatic heterocycles. The van der Waals surface area contributed by atoms with E-state index < -0.39 is 11.6 Å². The van der Waals surface area contributed by atoms with Gasteiger partial charge in [-0.2, -0.15) is 0 Å². The van der Waals surface area contributed by atoms with Gasteiger partial charge in [-0.3, -0.25) is 0 Å². The second kappa shape index (κ2) is 6.59. The standard InChI is InChI=1S/C14H14BrF2NS/c1-18-10(8-11-3-5-14(15)19-11)6-9-2-4-12(16)13(17)7-9/h2-5,7,10,18H,6,8H2,1H3. The molecule has 102 valence electrons. The normalized spacial score (nSPS) is 12.6. The van der Waals surface area contributed by atoms with Gasteiger partial charge in [0.05, 0.1) is 3.79 Å². The van der Waals surface area contributed by atoms with Crippen molar-refractivity contribution in [3.63, 3.8) is 0 Å². The molecule has 0 aliphatic rings. The Bertz CT molecular complexity index is 556. The second-order valence-electron chi connectivity index (χ2n) is 4.35. The lowest BCUT2D eigenvalue weighted by molar-refractivity contribution is 0.503. The highest BCUT2D eigenvalue weighted by molar-refractivity contribution is 9.11. The van der Waals surface area contributed by atoms with Crippen LogP contribution in [0.15, 0.2) is 34.1 Å². The Balaban J connectivity index is 2.04. The van der Waals surface area contributed by atoms with Crippen LogP contribution < -0.4 is 5.32 Å². The maximum absolute atomic E-state index is 13.2. The molecule has 1 aromatic carbocycles. The van der Waals surface area contributed by atoms with Crippen LogP contribution in [0.2, 0.25) is 0 Å².